The minimum atomic E-state index is -0.955. The number of rotatable bonds is 6. The quantitative estimate of drug-likeness (QED) is 0.325. The second-order valence-corrected chi connectivity index (χ2v) is 2.34. The summed E-state index contributed by atoms with van der Waals surface area (Å²) in [6.45, 7) is -0.619. The Kier molecular flexibility index (Phi) is 5.17. The fraction of sp³-hybridized carbons (Fsp3) is 0.667. The molecule has 0 saturated heterocycles. The lowest BCUT2D eigenvalue weighted by Crippen LogP contribution is -2.30. The average molecular weight is 190 g/mol. The summed E-state index contributed by atoms with van der Waals surface area (Å²) in [5.41, 5.74) is 0. The summed E-state index contributed by atoms with van der Waals surface area (Å²) in [7, 11) is 0. The minimum Gasteiger partial charge on any atom is -0.481 e. The number of hydrogen-bond acceptors (Lipinski definition) is 4. The molecule has 0 aromatic carbocycles. The van der Waals surface area contributed by atoms with Crippen molar-refractivity contribution in [3.63, 3.8) is 0 Å². The third-order valence-corrected chi connectivity index (χ3v) is 1.16. The molecule has 0 atom stereocenters. The number of carbonyl (C=O) groups is 2. The second kappa shape index (κ2) is 5.92. The van der Waals surface area contributed by atoms with Gasteiger partial charge in [-0.1, -0.05) is 0 Å². The average Bonchev–Trinajstić information content (AvgIpc) is 1.96. The van der Waals surface area contributed by atoms with Gasteiger partial charge in [-0.25, -0.2) is 0 Å². The van der Waals surface area contributed by atoms with Gasteiger partial charge < -0.3 is 10.4 Å². The van der Waals surface area contributed by atoms with E-state index in [0.29, 0.717) is 0 Å². The number of carboxylic acid groups (broad SMARTS) is 1. The second-order valence-electron chi connectivity index (χ2n) is 2.34. The summed E-state index contributed by atoms with van der Waals surface area (Å²) in [5, 5.41) is 20.2. The predicted molar refractivity (Wildman–Crippen MR) is 41.7 cm³/mol. The molecule has 0 saturated carbocycles. The van der Waals surface area contributed by atoms with Crippen LogP contribution in [-0.4, -0.2) is 35.0 Å². The molecule has 1 amide bonds. The highest BCUT2D eigenvalue weighted by Crippen LogP contribution is 1.85. The van der Waals surface area contributed by atoms with Crippen LogP contribution in [0.3, 0.4) is 0 Å². The molecule has 13 heavy (non-hydrogen) atoms. The maximum absolute atomic E-state index is 10.6. The molecule has 0 aliphatic rings. The molecule has 0 rings (SSSR count). The molecule has 0 aromatic rings. The maximum atomic E-state index is 10.6. The van der Waals surface area contributed by atoms with E-state index in [-0.39, 0.29) is 19.4 Å². The molecule has 0 aliphatic carbocycles. The van der Waals surface area contributed by atoms with Gasteiger partial charge in [-0.3, -0.25) is 19.7 Å². The van der Waals surface area contributed by atoms with Gasteiger partial charge in [0, 0.05) is 17.9 Å². The van der Waals surface area contributed by atoms with Crippen molar-refractivity contribution in [2.75, 3.05) is 13.1 Å². The zero-order chi connectivity index (χ0) is 10.3. The van der Waals surface area contributed by atoms with Gasteiger partial charge in [-0.2, -0.15) is 0 Å². The van der Waals surface area contributed by atoms with E-state index >= 15 is 0 Å². The van der Waals surface area contributed by atoms with Crippen molar-refractivity contribution in [2.24, 2.45) is 0 Å². The summed E-state index contributed by atoms with van der Waals surface area (Å²) in [4.78, 5) is 29.7. The van der Waals surface area contributed by atoms with Gasteiger partial charge in [0.1, 0.15) is 0 Å². The first kappa shape index (κ1) is 11.3. The molecule has 0 aromatic heterocycles. The molecule has 7 nitrogen and oxygen atoms in total. The summed E-state index contributed by atoms with van der Waals surface area (Å²) < 4.78 is 0. The Balaban J connectivity index is 3.37. The number of nitrogens with zero attached hydrogens (tertiary/aromatic N) is 1. The van der Waals surface area contributed by atoms with Crippen molar-refractivity contribution >= 4 is 11.9 Å². The van der Waals surface area contributed by atoms with Crippen LogP contribution in [0.25, 0.3) is 0 Å². The fourth-order valence-corrected chi connectivity index (χ4v) is 0.641. The van der Waals surface area contributed by atoms with Crippen LogP contribution < -0.4 is 5.32 Å². The van der Waals surface area contributed by atoms with E-state index in [1.807, 2.05) is 0 Å². The highest BCUT2D eigenvalue weighted by molar-refractivity contribution is 5.76. The molecular formula is C6H10N2O5. The third-order valence-electron chi connectivity index (χ3n) is 1.16. The molecule has 2 N–H and O–H groups in total. The summed E-state index contributed by atoms with van der Waals surface area (Å²) in [5.74, 6) is -1.65. The fourth-order valence-electron chi connectivity index (χ4n) is 0.641. The lowest BCUT2D eigenvalue weighted by atomic mass is 10.3. The Morgan fingerprint density at radius 3 is 2.54 bits per heavy atom. The van der Waals surface area contributed by atoms with E-state index < -0.39 is 23.3 Å². The maximum Gasteiger partial charge on any atom is 0.303 e. The first-order chi connectivity index (χ1) is 6.02. The van der Waals surface area contributed by atoms with Crippen molar-refractivity contribution in [1.29, 1.82) is 0 Å². The monoisotopic (exact) mass is 190 g/mol. The van der Waals surface area contributed by atoms with Gasteiger partial charge in [0.25, 0.3) is 12.5 Å². The lowest BCUT2D eigenvalue weighted by Gasteiger charge is -1.99. The van der Waals surface area contributed by atoms with Crippen molar-refractivity contribution < 1.29 is 19.6 Å². The smallest absolute Gasteiger partial charge is 0.303 e. The van der Waals surface area contributed by atoms with Gasteiger partial charge in [-0.05, 0) is 6.42 Å². The van der Waals surface area contributed by atoms with Gasteiger partial charge >= 0.3 is 5.97 Å². The predicted octanol–water partition coefficient (Wildman–Crippen LogP) is -0.756. The van der Waals surface area contributed by atoms with Crippen molar-refractivity contribution in [3.05, 3.63) is 10.1 Å². The number of amides is 1. The van der Waals surface area contributed by atoms with E-state index in [1.54, 1.807) is 0 Å². The molecule has 0 bridgehead atoms. The zero-order valence-electron chi connectivity index (χ0n) is 6.86. The minimum absolute atomic E-state index is 0.0568. The Morgan fingerprint density at radius 2 is 2.08 bits per heavy atom. The largest absolute Gasteiger partial charge is 0.481 e. The van der Waals surface area contributed by atoms with Gasteiger partial charge in [-0.15, -0.1) is 0 Å². The third kappa shape index (κ3) is 8.24. The first-order valence-corrected chi connectivity index (χ1v) is 3.62. The van der Waals surface area contributed by atoms with Crippen LogP contribution in [0.15, 0.2) is 0 Å². The number of nitro groups is 1. The van der Waals surface area contributed by atoms with Crippen LogP contribution in [0.4, 0.5) is 0 Å². The van der Waals surface area contributed by atoms with Crippen LogP contribution in [0, 0.1) is 10.1 Å². The van der Waals surface area contributed by atoms with Crippen LogP contribution in [0.2, 0.25) is 0 Å². The number of hydrogen-bond donors (Lipinski definition) is 2. The highest BCUT2D eigenvalue weighted by Gasteiger charge is 2.07. The number of carboxylic acids is 1. The summed E-state index contributed by atoms with van der Waals surface area (Å²) in [6, 6.07) is 0. The van der Waals surface area contributed by atoms with E-state index in [1.165, 1.54) is 0 Å². The number of carbonyl (C=O) groups excluding carboxylic acids is 1. The molecular weight excluding hydrogens is 180 g/mol. The molecule has 0 radical (unpaired) electrons. The zero-order valence-corrected chi connectivity index (χ0v) is 6.86. The van der Waals surface area contributed by atoms with Crippen molar-refractivity contribution in [3.8, 4) is 0 Å². The van der Waals surface area contributed by atoms with Crippen molar-refractivity contribution in [1.82, 2.24) is 5.32 Å². The standard InChI is InChI=1S/C6H10N2O5/c9-5(4-8(12)13)7-3-1-2-6(10)11/h1-4H2,(H,7,9)(H,10,11). The molecule has 0 unspecified atom stereocenters. The highest BCUT2D eigenvalue weighted by atomic mass is 16.6. The molecule has 0 aliphatic heterocycles. The topological polar surface area (TPSA) is 110 Å². The Bertz CT molecular complexity index is 215. The molecule has 0 heterocycles. The Hall–Kier alpha value is -1.66. The van der Waals surface area contributed by atoms with Crippen LogP contribution in [0.5, 0.6) is 0 Å². The van der Waals surface area contributed by atoms with Crippen LogP contribution in [0.1, 0.15) is 12.8 Å². The van der Waals surface area contributed by atoms with Gasteiger partial charge in [0.2, 0.25) is 0 Å². The molecule has 0 spiro atoms. The van der Waals surface area contributed by atoms with Crippen LogP contribution >= 0.6 is 0 Å². The van der Waals surface area contributed by atoms with E-state index in [4.69, 9.17) is 5.11 Å². The molecule has 7 heteroatoms. The Labute approximate surface area is 73.9 Å². The van der Waals surface area contributed by atoms with Gasteiger partial charge in [0.05, 0.1) is 0 Å². The summed E-state index contributed by atoms with van der Waals surface area (Å²) in [6.07, 6.45) is 0.220. The molecule has 74 valence electrons. The SMILES string of the molecule is O=C(O)CCCNC(=O)C[N+](=O)[O-]. The van der Waals surface area contributed by atoms with E-state index in [0.717, 1.165) is 0 Å². The van der Waals surface area contributed by atoms with Crippen LogP contribution in [-0.2, 0) is 9.59 Å². The first-order valence-electron chi connectivity index (χ1n) is 3.62. The van der Waals surface area contributed by atoms with E-state index in [2.05, 4.69) is 5.32 Å². The normalized spacial score (nSPS) is 9.23. The Morgan fingerprint density at radius 1 is 1.46 bits per heavy atom. The van der Waals surface area contributed by atoms with Crippen molar-refractivity contribution in [2.45, 2.75) is 12.8 Å². The van der Waals surface area contributed by atoms with Gasteiger partial charge in [0.15, 0.2) is 0 Å². The molecule has 0 fully saturated rings. The van der Waals surface area contributed by atoms with E-state index in [9.17, 15) is 19.7 Å². The number of aliphatic carboxylic acids is 1. The summed E-state index contributed by atoms with van der Waals surface area (Å²) >= 11 is 0. The lowest BCUT2D eigenvalue weighted by molar-refractivity contribution is -0.467. The number of nitrogens with one attached hydrogen (secondary N) is 1.